The van der Waals surface area contributed by atoms with Gasteiger partial charge in [-0.3, -0.25) is 0 Å². The maximum atomic E-state index is 6.51. The number of rotatable bonds is 4. The number of ether oxygens (including phenoxy) is 1. The van der Waals surface area contributed by atoms with Crippen molar-refractivity contribution >= 4 is 0 Å². The predicted octanol–water partition coefficient (Wildman–Crippen LogP) is 2.93. The highest BCUT2D eigenvalue weighted by molar-refractivity contribution is 4.92. The standard InChI is InChI=1S/C17H32N2O/c18-11-5-15-6-12-19(13-7-15)14-16-4-10-17(20-16)8-2-1-3-9-17/h15-16H,1-14,18H2. The molecule has 2 heterocycles. The highest BCUT2D eigenvalue weighted by Gasteiger charge is 2.41. The lowest BCUT2D eigenvalue weighted by Gasteiger charge is -2.36. The van der Waals surface area contributed by atoms with Crippen molar-refractivity contribution in [3.63, 3.8) is 0 Å². The maximum Gasteiger partial charge on any atom is 0.0710 e. The van der Waals surface area contributed by atoms with Crippen LogP contribution in [0.15, 0.2) is 0 Å². The van der Waals surface area contributed by atoms with Gasteiger partial charge in [0.25, 0.3) is 0 Å². The van der Waals surface area contributed by atoms with E-state index < -0.39 is 0 Å². The molecule has 2 aliphatic heterocycles. The summed E-state index contributed by atoms with van der Waals surface area (Å²) in [6.45, 7) is 4.56. The second kappa shape index (κ2) is 6.76. The van der Waals surface area contributed by atoms with Crippen molar-refractivity contribution in [2.24, 2.45) is 11.7 Å². The van der Waals surface area contributed by atoms with E-state index in [2.05, 4.69) is 4.90 Å². The summed E-state index contributed by atoms with van der Waals surface area (Å²) in [6.07, 6.45) is 13.9. The average Bonchev–Trinajstić information content (AvgIpc) is 2.85. The summed E-state index contributed by atoms with van der Waals surface area (Å²) in [6, 6.07) is 0. The molecule has 0 aromatic heterocycles. The van der Waals surface area contributed by atoms with Crippen molar-refractivity contribution in [1.82, 2.24) is 4.90 Å². The van der Waals surface area contributed by atoms with Crippen LogP contribution in [0.1, 0.15) is 64.2 Å². The molecule has 0 amide bonds. The summed E-state index contributed by atoms with van der Waals surface area (Å²) >= 11 is 0. The van der Waals surface area contributed by atoms with E-state index in [1.54, 1.807) is 0 Å². The topological polar surface area (TPSA) is 38.5 Å². The fourth-order valence-electron chi connectivity index (χ4n) is 4.57. The third kappa shape index (κ3) is 3.55. The molecule has 3 nitrogen and oxygen atoms in total. The molecule has 1 saturated carbocycles. The van der Waals surface area contributed by atoms with Crippen LogP contribution in [0.5, 0.6) is 0 Å². The van der Waals surface area contributed by atoms with Gasteiger partial charge in [0.2, 0.25) is 0 Å². The highest BCUT2D eigenvalue weighted by Crippen LogP contribution is 2.42. The smallest absolute Gasteiger partial charge is 0.0710 e. The normalized spacial score (nSPS) is 31.9. The van der Waals surface area contributed by atoms with E-state index in [1.807, 2.05) is 0 Å². The molecule has 3 rings (SSSR count). The molecule has 0 aromatic carbocycles. The summed E-state index contributed by atoms with van der Waals surface area (Å²) < 4.78 is 6.51. The molecular formula is C17H32N2O. The first-order valence-electron chi connectivity index (χ1n) is 8.90. The number of piperidine rings is 1. The molecule has 1 aliphatic carbocycles. The van der Waals surface area contributed by atoms with Crippen LogP contribution in [0.25, 0.3) is 0 Å². The molecule has 0 aromatic rings. The van der Waals surface area contributed by atoms with Gasteiger partial charge in [-0.25, -0.2) is 0 Å². The van der Waals surface area contributed by atoms with Crippen LogP contribution in [0, 0.1) is 5.92 Å². The van der Waals surface area contributed by atoms with Crippen molar-refractivity contribution < 1.29 is 4.74 Å². The zero-order valence-corrected chi connectivity index (χ0v) is 13.0. The van der Waals surface area contributed by atoms with Crippen LogP contribution in [0.3, 0.4) is 0 Å². The lowest BCUT2D eigenvalue weighted by Crippen LogP contribution is -2.40. The number of nitrogens with two attached hydrogens (primary N) is 1. The quantitative estimate of drug-likeness (QED) is 0.860. The average molecular weight is 280 g/mol. The van der Waals surface area contributed by atoms with Gasteiger partial charge in [-0.05, 0) is 70.5 Å². The van der Waals surface area contributed by atoms with E-state index in [1.165, 1.54) is 83.8 Å². The van der Waals surface area contributed by atoms with Gasteiger partial charge in [0.1, 0.15) is 0 Å². The van der Waals surface area contributed by atoms with Gasteiger partial charge >= 0.3 is 0 Å². The molecule has 2 N–H and O–H groups in total. The van der Waals surface area contributed by atoms with Gasteiger partial charge in [0.15, 0.2) is 0 Å². The molecule has 1 unspecified atom stereocenters. The molecule has 3 fully saturated rings. The minimum Gasteiger partial charge on any atom is -0.370 e. The minimum atomic E-state index is 0.292. The molecule has 2 saturated heterocycles. The van der Waals surface area contributed by atoms with Crippen LogP contribution in [-0.4, -0.2) is 42.8 Å². The lowest BCUT2D eigenvalue weighted by atomic mass is 9.83. The Balaban J connectivity index is 1.41. The Morgan fingerprint density at radius 2 is 1.75 bits per heavy atom. The Morgan fingerprint density at radius 3 is 2.45 bits per heavy atom. The third-order valence-corrected chi connectivity index (χ3v) is 5.85. The second-order valence-corrected chi connectivity index (χ2v) is 7.34. The van der Waals surface area contributed by atoms with Crippen molar-refractivity contribution in [2.45, 2.75) is 75.9 Å². The van der Waals surface area contributed by atoms with Crippen LogP contribution in [0.4, 0.5) is 0 Å². The Hall–Kier alpha value is -0.120. The molecule has 20 heavy (non-hydrogen) atoms. The largest absolute Gasteiger partial charge is 0.370 e. The molecule has 1 atom stereocenters. The minimum absolute atomic E-state index is 0.292. The molecule has 0 radical (unpaired) electrons. The predicted molar refractivity (Wildman–Crippen MR) is 82.8 cm³/mol. The van der Waals surface area contributed by atoms with Crippen LogP contribution >= 0.6 is 0 Å². The van der Waals surface area contributed by atoms with E-state index in [0.717, 1.165) is 12.5 Å². The van der Waals surface area contributed by atoms with Crippen LogP contribution in [-0.2, 0) is 4.74 Å². The highest BCUT2D eigenvalue weighted by atomic mass is 16.5. The maximum absolute atomic E-state index is 6.51. The van der Waals surface area contributed by atoms with Crippen molar-refractivity contribution in [3.05, 3.63) is 0 Å². The Labute approximate surface area is 124 Å². The molecular weight excluding hydrogens is 248 g/mol. The van der Waals surface area contributed by atoms with Crippen molar-refractivity contribution in [2.75, 3.05) is 26.2 Å². The fraction of sp³-hybridized carbons (Fsp3) is 1.00. The fourth-order valence-corrected chi connectivity index (χ4v) is 4.57. The van der Waals surface area contributed by atoms with Gasteiger partial charge in [0, 0.05) is 6.54 Å². The first-order valence-corrected chi connectivity index (χ1v) is 8.90. The summed E-state index contributed by atoms with van der Waals surface area (Å²) in [7, 11) is 0. The number of likely N-dealkylation sites (tertiary alicyclic amines) is 1. The van der Waals surface area contributed by atoms with E-state index in [9.17, 15) is 0 Å². The second-order valence-electron chi connectivity index (χ2n) is 7.34. The monoisotopic (exact) mass is 280 g/mol. The van der Waals surface area contributed by atoms with Crippen molar-refractivity contribution in [3.8, 4) is 0 Å². The van der Waals surface area contributed by atoms with Crippen LogP contribution < -0.4 is 5.73 Å². The Bertz CT molecular complexity index is 293. The third-order valence-electron chi connectivity index (χ3n) is 5.85. The molecule has 116 valence electrons. The van der Waals surface area contributed by atoms with Gasteiger partial charge in [0.05, 0.1) is 11.7 Å². The van der Waals surface area contributed by atoms with E-state index in [-0.39, 0.29) is 0 Å². The van der Waals surface area contributed by atoms with Crippen LogP contribution in [0.2, 0.25) is 0 Å². The first-order chi connectivity index (χ1) is 9.80. The Morgan fingerprint density at radius 1 is 1.00 bits per heavy atom. The molecule has 3 aliphatic rings. The SMILES string of the molecule is NCCC1CCN(CC2CCC3(CCCCC3)O2)CC1. The zero-order valence-electron chi connectivity index (χ0n) is 13.0. The van der Waals surface area contributed by atoms with Crippen molar-refractivity contribution in [1.29, 1.82) is 0 Å². The van der Waals surface area contributed by atoms with E-state index in [4.69, 9.17) is 10.5 Å². The summed E-state index contributed by atoms with van der Waals surface area (Å²) in [5.74, 6) is 0.880. The number of nitrogens with zero attached hydrogens (tertiary/aromatic N) is 1. The first kappa shape index (κ1) is 14.8. The van der Waals surface area contributed by atoms with Gasteiger partial charge in [-0.1, -0.05) is 19.3 Å². The Kier molecular flexibility index (Phi) is 5.00. The summed E-state index contributed by atoms with van der Waals surface area (Å²) in [5.41, 5.74) is 5.96. The van der Waals surface area contributed by atoms with Gasteiger partial charge in [-0.2, -0.15) is 0 Å². The summed E-state index contributed by atoms with van der Waals surface area (Å²) in [4.78, 5) is 2.64. The lowest BCUT2D eigenvalue weighted by molar-refractivity contribution is -0.0736. The molecule has 1 spiro atoms. The van der Waals surface area contributed by atoms with Gasteiger partial charge in [-0.15, -0.1) is 0 Å². The van der Waals surface area contributed by atoms with E-state index in [0.29, 0.717) is 11.7 Å². The van der Waals surface area contributed by atoms with E-state index >= 15 is 0 Å². The molecule has 3 heteroatoms. The zero-order chi connectivity index (χ0) is 13.8. The number of hydrogen-bond acceptors (Lipinski definition) is 3. The molecule has 0 bridgehead atoms. The number of hydrogen-bond donors (Lipinski definition) is 1. The van der Waals surface area contributed by atoms with Gasteiger partial charge < -0.3 is 15.4 Å². The summed E-state index contributed by atoms with van der Waals surface area (Å²) in [5, 5.41) is 0.